The number of carbonyl (C=O) groups is 1. The second-order valence-electron chi connectivity index (χ2n) is 3.72. The van der Waals surface area contributed by atoms with Crippen LogP contribution in [0.25, 0.3) is 0 Å². The van der Waals surface area contributed by atoms with Crippen molar-refractivity contribution in [2.24, 2.45) is 0 Å². The number of ether oxygens (including phenoxy) is 2. The molecular weight excluding hydrogens is 331 g/mol. The van der Waals surface area contributed by atoms with E-state index in [4.69, 9.17) is 9.47 Å². The molecule has 0 aliphatic heterocycles. The lowest BCUT2D eigenvalue weighted by atomic mass is 10.1. The summed E-state index contributed by atoms with van der Waals surface area (Å²) in [5.74, 6) is -0.775. The van der Waals surface area contributed by atoms with Gasteiger partial charge in [-0.1, -0.05) is 15.9 Å². The lowest BCUT2D eigenvalue weighted by molar-refractivity contribution is 0.102. The summed E-state index contributed by atoms with van der Waals surface area (Å²) in [6.07, 6.45) is 1.29. The van der Waals surface area contributed by atoms with Crippen LogP contribution in [0.4, 0.5) is 4.39 Å². The number of benzene rings is 1. The summed E-state index contributed by atoms with van der Waals surface area (Å²) in [4.78, 5) is 20.3. The van der Waals surface area contributed by atoms with E-state index in [-0.39, 0.29) is 23.0 Å². The molecule has 5 nitrogen and oxygen atoms in total. The maximum Gasteiger partial charge on any atom is 0.247 e. The van der Waals surface area contributed by atoms with Crippen LogP contribution in [0.2, 0.25) is 0 Å². The molecule has 7 heteroatoms. The molecule has 1 heterocycles. The number of carbonyl (C=O) groups excluding carboxylic acids is 1. The summed E-state index contributed by atoms with van der Waals surface area (Å²) >= 11 is 3.20. The minimum absolute atomic E-state index is 0.0143. The van der Waals surface area contributed by atoms with Crippen molar-refractivity contribution in [2.45, 2.75) is 0 Å². The van der Waals surface area contributed by atoms with Crippen molar-refractivity contribution in [1.82, 2.24) is 9.97 Å². The minimum atomic E-state index is -0.517. The molecule has 0 amide bonds. The van der Waals surface area contributed by atoms with Crippen LogP contribution in [0.1, 0.15) is 16.1 Å². The lowest BCUT2D eigenvalue weighted by Crippen LogP contribution is -2.09. The molecule has 1 aromatic carbocycles. The van der Waals surface area contributed by atoms with Crippen molar-refractivity contribution in [3.05, 3.63) is 45.9 Å². The Balaban J connectivity index is 2.50. The maximum absolute atomic E-state index is 13.3. The molecule has 0 saturated carbocycles. The molecule has 0 radical (unpaired) electrons. The van der Waals surface area contributed by atoms with E-state index in [9.17, 15) is 9.18 Å². The molecule has 2 rings (SSSR count). The number of ketones is 1. The first-order valence-corrected chi connectivity index (χ1v) is 6.31. The molecule has 0 N–H and O–H groups in total. The van der Waals surface area contributed by atoms with Crippen molar-refractivity contribution < 1.29 is 18.7 Å². The van der Waals surface area contributed by atoms with E-state index >= 15 is 0 Å². The monoisotopic (exact) mass is 340 g/mol. The number of methoxy groups -OCH3 is 2. The molecule has 2 aromatic rings. The van der Waals surface area contributed by atoms with Crippen LogP contribution < -0.4 is 9.47 Å². The highest BCUT2D eigenvalue weighted by Crippen LogP contribution is 2.25. The van der Waals surface area contributed by atoms with Crippen LogP contribution in [0.5, 0.6) is 11.8 Å². The van der Waals surface area contributed by atoms with Crippen molar-refractivity contribution in [1.29, 1.82) is 0 Å². The summed E-state index contributed by atoms with van der Waals surface area (Å²) in [5.41, 5.74) is 0.127. The van der Waals surface area contributed by atoms with Crippen LogP contribution in [0, 0.1) is 5.82 Å². The third kappa shape index (κ3) is 2.77. The average molecular weight is 341 g/mol. The maximum atomic E-state index is 13.3. The summed E-state index contributed by atoms with van der Waals surface area (Å²) in [6.45, 7) is 0. The average Bonchev–Trinajstić information content (AvgIpc) is 2.48. The molecule has 0 bridgehead atoms. The Morgan fingerprint density at radius 3 is 2.70 bits per heavy atom. The zero-order valence-electron chi connectivity index (χ0n) is 10.7. The van der Waals surface area contributed by atoms with Crippen molar-refractivity contribution >= 4 is 21.7 Å². The van der Waals surface area contributed by atoms with E-state index in [0.717, 1.165) is 6.07 Å². The number of nitrogens with zero attached hydrogens (tertiary/aromatic N) is 2. The quantitative estimate of drug-likeness (QED) is 0.800. The topological polar surface area (TPSA) is 61.3 Å². The van der Waals surface area contributed by atoms with Gasteiger partial charge in [-0.15, -0.1) is 0 Å². The molecule has 0 aliphatic rings. The zero-order valence-corrected chi connectivity index (χ0v) is 12.3. The van der Waals surface area contributed by atoms with Gasteiger partial charge in [0.25, 0.3) is 0 Å². The SMILES string of the molecule is COc1cnc(C(=O)c2cc(F)ccc2Br)c(OC)n1. The molecule has 0 unspecified atom stereocenters. The molecule has 104 valence electrons. The molecule has 0 atom stereocenters. The fraction of sp³-hybridized carbons (Fsp3) is 0.154. The molecular formula is C13H10BrFN2O3. The second-order valence-corrected chi connectivity index (χ2v) is 4.58. The largest absolute Gasteiger partial charge is 0.480 e. The smallest absolute Gasteiger partial charge is 0.247 e. The lowest BCUT2D eigenvalue weighted by Gasteiger charge is -2.08. The number of hydrogen-bond donors (Lipinski definition) is 0. The van der Waals surface area contributed by atoms with E-state index in [0.29, 0.717) is 4.47 Å². The van der Waals surface area contributed by atoms with Crippen molar-refractivity contribution in [2.75, 3.05) is 14.2 Å². The van der Waals surface area contributed by atoms with Crippen LogP contribution in [0.15, 0.2) is 28.9 Å². The predicted molar refractivity (Wildman–Crippen MR) is 72.7 cm³/mol. The van der Waals surface area contributed by atoms with E-state index in [1.54, 1.807) is 0 Å². The molecule has 1 aromatic heterocycles. The van der Waals surface area contributed by atoms with Crippen molar-refractivity contribution in [3.8, 4) is 11.8 Å². The van der Waals surface area contributed by atoms with E-state index in [1.807, 2.05) is 0 Å². The third-order valence-corrected chi connectivity index (χ3v) is 3.20. The minimum Gasteiger partial charge on any atom is -0.480 e. The first-order chi connectivity index (χ1) is 9.56. The van der Waals surface area contributed by atoms with Gasteiger partial charge in [-0.25, -0.2) is 9.37 Å². The summed E-state index contributed by atoms with van der Waals surface area (Å²) in [5, 5.41) is 0. The molecule has 0 spiro atoms. The van der Waals surface area contributed by atoms with E-state index < -0.39 is 11.6 Å². The Labute approximate surface area is 122 Å². The second kappa shape index (κ2) is 5.96. The van der Waals surface area contributed by atoms with Crippen LogP contribution in [-0.2, 0) is 0 Å². The molecule has 20 heavy (non-hydrogen) atoms. The first-order valence-electron chi connectivity index (χ1n) is 5.51. The first kappa shape index (κ1) is 14.4. The van der Waals surface area contributed by atoms with Gasteiger partial charge in [-0.2, -0.15) is 4.98 Å². The van der Waals surface area contributed by atoms with Gasteiger partial charge in [-0.3, -0.25) is 4.79 Å². The number of rotatable bonds is 4. The molecule has 0 fully saturated rings. The zero-order chi connectivity index (χ0) is 14.7. The standard InChI is InChI=1S/C13H10BrFN2O3/c1-19-10-6-16-11(13(17-10)20-2)12(18)8-5-7(15)3-4-9(8)14/h3-6H,1-2H3. The summed E-state index contributed by atoms with van der Waals surface area (Å²) in [7, 11) is 2.79. The molecule has 0 saturated heterocycles. The van der Waals surface area contributed by atoms with Gasteiger partial charge in [0.05, 0.1) is 20.4 Å². The van der Waals surface area contributed by atoms with Gasteiger partial charge in [0.15, 0.2) is 5.69 Å². The summed E-state index contributed by atoms with van der Waals surface area (Å²) in [6, 6.07) is 3.82. The van der Waals surface area contributed by atoms with Gasteiger partial charge >= 0.3 is 0 Å². The Hall–Kier alpha value is -2.02. The van der Waals surface area contributed by atoms with Gasteiger partial charge in [0.1, 0.15) is 5.82 Å². The van der Waals surface area contributed by atoms with Gasteiger partial charge in [-0.05, 0) is 18.2 Å². The fourth-order valence-electron chi connectivity index (χ4n) is 1.55. The normalized spacial score (nSPS) is 10.2. The Bertz CT molecular complexity index is 664. The highest BCUT2D eigenvalue weighted by atomic mass is 79.9. The van der Waals surface area contributed by atoms with Gasteiger partial charge in [0.2, 0.25) is 17.5 Å². The number of hydrogen-bond acceptors (Lipinski definition) is 5. The van der Waals surface area contributed by atoms with E-state index in [2.05, 4.69) is 25.9 Å². The number of halogens is 2. The van der Waals surface area contributed by atoms with Gasteiger partial charge in [0, 0.05) is 10.0 Å². The Morgan fingerprint density at radius 1 is 1.30 bits per heavy atom. The van der Waals surface area contributed by atoms with E-state index in [1.165, 1.54) is 32.5 Å². The van der Waals surface area contributed by atoms with Gasteiger partial charge < -0.3 is 9.47 Å². The highest BCUT2D eigenvalue weighted by molar-refractivity contribution is 9.10. The van der Waals surface area contributed by atoms with Crippen LogP contribution in [0.3, 0.4) is 0 Å². The van der Waals surface area contributed by atoms with Crippen LogP contribution in [-0.4, -0.2) is 30.0 Å². The van der Waals surface area contributed by atoms with Crippen molar-refractivity contribution in [3.63, 3.8) is 0 Å². The van der Waals surface area contributed by atoms with Crippen LogP contribution >= 0.6 is 15.9 Å². The third-order valence-electron chi connectivity index (χ3n) is 2.51. The fourth-order valence-corrected chi connectivity index (χ4v) is 1.98. The Kier molecular flexibility index (Phi) is 4.29. The number of aromatic nitrogens is 2. The molecule has 0 aliphatic carbocycles. The summed E-state index contributed by atoms with van der Waals surface area (Å²) < 4.78 is 23.6. The highest BCUT2D eigenvalue weighted by Gasteiger charge is 2.21. The Morgan fingerprint density at radius 2 is 2.05 bits per heavy atom. The predicted octanol–water partition coefficient (Wildman–Crippen LogP) is 2.63.